The molecule has 0 spiro atoms. The minimum Gasteiger partial charge on any atom is -0.444 e. The summed E-state index contributed by atoms with van der Waals surface area (Å²) in [4.78, 5) is 13.7. The molecule has 0 saturated carbocycles. The number of thiocarbonyl (C=S) groups is 1. The summed E-state index contributed by atoms with van der Waals surface area (Å²) in [5, 5.41) is 0. The molecule has 0 heterocycles. The molecule has 104 valence electrons. The number of nitrogens with two attached hydrogens (primary N) is 1. The van der Waals surface area contributed by atoms with Crippen LogP contribution in [0.5, 0.6) is 0 Å². The number of carbonyl (C=O) groups is 1. The first kappa shape index (κ1) is 15.4. The lowest BCUT2D eigenvalue weighted by atomic mass is 10.1. The molecule has 1 amide bonds. The summed E-state index contributed by atoms with van der Waals surface area (Å²) < 4.78 is 5.29. The molecule has 0 aliphatic heterocycles. The van der Waals surface area contributed by atoms with Gasteiger partial charge >= 0.3 is 6.09 Å². The lowest BCUT2D eigenvalue weighted by Crippen LogP contribution is -2.33. The quantitative estimate of drug-likeness (QED) is 0.865. The highest BCUT2D eigenvalue weighted by Gasteiger charge is 2.19. The van der Waals surface area contributed by atoms with Gasteiger partial charge in [0, 0.05) is 19.2 Å². The van der Waals surface area contributed by atoms with Crippen LogP contribution in [-0.2, 0) is 11.3 Å². The zero-order chi connectivity index (χ0) is 14.6. The van der Waals surface area contributed by atoms with Crippen molar-refractivity contribution in [3.05, 3.63) is 35.4 Å². The highest BCUT2D eigenvalue weighted by atomic mass is 32.1. The molecule has 0 aliphatic carbocycles. The van der Waals surface area contributed by atoms with Gasteiger partial charge in [-0.1, -0.05) is 30.4 Å². The van der Waals surface area contributed by atoms with Crippen LogP contribution in [0.1, 0.15) is 31.9 Å². The van der Waals surface area contributed by atoms with Crippen LogP contribution in [0.3, 0.4) is 0 Å². The van der Waals surface area contributed by atoms with Crippen molar-refractivity contribution in [2.45, 2.75) is 32.9 Å². The van der Waals surface area contributed by atoms with Crippen molar-refractivity contribution in [2.75, 3.05) is 7.05 Å². The van der Waals surface area contributed by atoms with E-state index < -0.39 is 5.60 Å². The van der Waals surface area contributed by atoms with E-state index in [0.717, 1.165) is 11.1 Å². The Balaban J connectivity index is 2.71. The van der Waals surface area contributed by atoms with E-state index >= 15 is 0 Å². The molecule has 0 aliphatic rings. The van der Waals surface area contributed by atoms with E-state index in [1.165, 1.54) is 4.90 Å². The Hall–Kier alpha value is -1.62. The predicted octanol–water partition coefficient (Wildman–Crippen LogP) is 2.69. The number of hydrogen-bond donors (Lipinski definition) is 1. The van der Waals surface area contributed by atoms with E-state index in [-0.39, 0.29) is 6.09 Å². The van der Waals surface area contributed by atoms with Gasteiger partial charge in [-0.05, 0) is 32.4 Å². The molecule has 0 fully saturated rings. The largest absolute Gasteiger partial charge is 0.444 e. The van der Waals surface area contributed by atoms with E-state index in [9.17, 15) is 4.79 Å². The van der Waals surface area contributed by atoms with E-state index in [2.05, 4.69) is 0 Å². The Labute approximate surface area is 119 Å². The summed E-state index contributed by atoms with van der Waals surface area (Å²) >= 11 is 4.93. The molecule has 1 aromatic rings. The number of amides is 1. The summed E-state index contributed by atoms with van der Waals surface area (Å²) in [6.45, 7) is 5.97. The van der Waals surface area contributed by atoms with Crippen LogP contribution in [0.25, 0.3) is 0 Å². The highest BCUT2D eigenvalue weighted by Crippen LogP contribution is 2.12. The van der Waals surface area contributed by atoms with Crippen LogP contribution >= 0.6 is 12.2 Å². The van der Waals surface area contributed by atoms with Crippen molar-refractivity contribution in [3.8, 4) is 0 Å². The number of nitrogens with zero attached hydrogens (tertiary/aromatic N) is 1. The first-order valence-electron chi connectivity index (χ1n) is 6.02. The van der Waals surface area contributed by atoms with Crippen LogP contribution in [0.2, 0.25) is 0 Å². The molecule has 0 bridgehead atoms. The van der Waals surface area contributed by atoms with Crippen molar-refractivity contribution >= 4 is 23.3 Å². The molecule has 4 nitrogen and oxygen atoms in total. The summed E-state index contributed by atoms with van der Waals surface area (Å²) in [7, 11) is 1.70. The normalized spacial score (nSPS) is 10.9. The lowest BCUT2D eigenvalue weighted by molar-refractivity contribution is 0.0285. The Morgan fingerprint density at radius 2 is 2.05 bits per heavy atom. The van der Waals surface area contributed by atoms with Gasteiger partial charge in [-0.2, -0.15) is 0 Å². The van der Waals surface area contributed by atoms with E-state index in [0.29, 0.717) is 11.5 Å². The predicted molar refractivity (Wildman–Crippen MR) is 80.0 cm³/mol. The van der Waals surface area contributed by atoms with E-state index in [1.54, 1.807) is 7.05 Å². The number of carbonyl (C=O) groups excluding carboxylic acids is 1. The van der Waals surface area contributed by atoms with Crippen LogP contribution in [0.15, 0.2) is 24.3 Å². The van der Waals surface area contributed by atoms with Gasteiger partial charge in [-0.25, -0.2) is 4.79 Å². The summed E-state index contributed by atoms with van der Waals surface area (Å²) in [5.41, 5.74) is 6.84. The van der Waals surface area contributed by atoms with Crippen molar-refractivity contribution in [2.24, 2.45) is 5.73 Å². The number of hydrogen-bond acceptors (Lipinski definition) is 3. The van der Waals surface area contributed by atoms with Gasteiger partial charge in [-0.3, -0.25) is 0 Å². The minimum atomic E-state index is -0.494. The zero-order valence-corrected chi connectivity index (χ0v) is 12.6. The SMILES string of the molecule is CN(Cc1cccc(C(N)=S)c1)C(=O)OC(C)(C)C. The second kappa shape index (κ2) is 6.02. The fourth-order valence-corrected chi connectivity index (χ4v) is 1.63. The number of ether oxygens (including phenoxy) is 1. The molecule has 1 aromatic carbocycles. The number of rotatable bonds is 3. The standard InChI is InChI=1S/C14H20N2O2S/c1-14(2,3)18-13(17)16(4)9-10-6-5-7-11(8-10)12(15)19/h5-8H,9H2,1-4H3,(H2,15,19). The molecule has 0 radical (unpaired) electrons. The maximum Gasteiger partial charge on any atom is 0.410 e. The molecular weight excluding hydrogens is 260 g/mol. The average molecular weight is 280 g/mol. The highest BCUT2D eigenvalue weighted by molar-refractivity contribution is 7.80. The molecule has 19 heavy (non-hydrogen) atoms. The van der Waals surface area contributed by atoms with Gasteiger partial charge in [0.1, 0.15) is 10.6 Å². The zero-order valence-electron chi connectivity index (χ0n) is 11.8. The third-order valence-electron chi connectivity index (χ3n) is 2.34. The van der Waals surface area contributed by atoms with Gasteiger partial charge in [0.15, 0.2) is 0 Å². The maximum absolute atomic E-state index is 11.8. The smallest absolute Gasteiger partial charge is 0.410 e. The fraction of sp³-hybridized carbons (Fsp3) is 0.429. The molecule has 5 heteroatoms. The monoisotopic (exact) mass is 280 g/mol. The Kier molecular flexibility index (Phi) is 4.89. The van der Waals surface area contributed by atoms with Gasteiger partial charge < -0.3 is 15.4 Å². The Morgan fingerprint density at radius 1 is 1.42 bits per heavy atom. The van der Waals surface area contributed by atoms with Crippen molar-refractivity contribution < 1.29 is 9.53 Å². The minimum absolute atomic E-state index is 0.349. The van der Waals surface area contributed by atoms with E-state index in [1.807, 2.05) is 45.0 Å². The topological polar surface area (TPSA) is 55.6 Å². The van der Waals surface area contributed by atoms with E-state index in [4.69, 9.17) is 22.7 Å². The van der Waals surface area contributed by atoms with Gasteiger partial charge in [0.05, 0.1) is 0 Å². The number of benzene rings is 1. The molecule has 0 saturated heterocycles. The van der Waals surface area contributed by atoms with Crippen LogP contribution in [-0.4, -0.2) is 28.6 Å². The second-order valence-corrected chi connectivity index (χ2v) is 5.84. The lowest BCUT2D eigenvalue weighted by Gasteiger charge is -2.24. The summed E-state index contributed by atoms with van der Waals surface area (Å²) in [5.74, 6) is 0. The average Bonchev–Trinajstić information content (AvgIpc) is 2.27. The van der Waals surface area contributed by atoms with Crippen LogP contribution in [0, 0.1) is 0 Å². The van der Waals surface area contributed by atoms with Crippen molar-refractivity contribution in [1.29, 1.82) is 0 Å². The van der Waals surface area contributed by atoms with Gasteiger partial charge in [-0.15, -0.1) is 0 Å². The first-order chi connectivity index (χ1) is 8.69. The summed E-state index contributed by atoms with van der Waals surface area (Å²) in [6.07, 6.45) is -0.353. The van der Waals surface area contributed by atoms with Gasteiger partial charge in [0.25, 0.3) is 0 Å². The third-order valence-corrected chi connectivity index (χ3v) is 2.57. The molecule has 2 N–H and O–H groups in total. The molecule has 1 rings (SSSR count). The maximum atomic E-state index is 11.8. The first-order valence-corrected chi connectivity index (χ1v) is 6.43. The van der Waals surface area contributed by atoms with Gasteiger partial charge in [0.2, 0.25) is 0 Å². The third kappa shape index (κ3) is 5.26. The van der Waals surface area contributed by atoms with Crippen LogP contribution < -0.4 is 5.73 Å². The second-order valence-electron chi connectivity index (χ2n) is 5.40. The molecule has 0 aromatic heterocycles. The summed E-state index contributed by atoms with van der Waals surface area (Å²) in [6, 6.07) is 7.51. The molecule has 0 unspecified atom stereocenters. The van der Waals surface area contributed by atoms with Crippen LogP contribution in [0.4, 0.5) is 4.79 Å². The molecular formula is C14H20N2O2S. The Morgan fingerprint density at radius 3 is 2.58 bits per heavy atom. The molecule has 0 atom stereocenters. The van der Waals surface area contributed by atoms with Crippen molar-refractivity contribution in [3.63, 3.8) is 0 Å². The van der Waals surface area contributed by atoms with Crippen molar-refractivity contribution in [1.82, 2.24) is 4.90 Å². The fourth-order valence-electron chi connectivity index (χ4n) is 1.50. The Bertz CT molecular complexity index is 481.